The van der Waals surface area contributed by atoms with Crippen molar-refractivity contribution >= 4 is 44.8 Å². The van der Waals surface area contributed by atoms with Gasteiger partial charge in [-0.05, 0) is 44.4 Å². The first-order chi connectivity index (χ1) is 15.1. The summed E-state index contributed by atoms with van der Waals surface area (Å²) >= 11 is 6.26. The second-order valence-electron chi connectivity index (χ2n) is 8.13. The SMILES string of the molecule is Cc1ccc(NC(=O)C2CCCN(S(=O)(=O)c3cc4c(cc3Cl)NC(=O)CO4)C2)c(C)c1. The Bertz CT molecular complexity index is 1200. The van der Waals surface area contributed by atoms with E-state index in [1.165, 1.54) is 16.4 Å². The minimum Gasteiger partial charge on any atom is -0.482 e. The maximum Gasteiger partial charge on any atom is 0.262 e. The van der Waals surface area contributed by atoms with E-state index < -0.39 is 15.9 Å². The molecule has 0 saturated carbocycles. The molecule has 1 saturated heterocycles. The lowest BCUT2D eigenvalue weighted by Crippen LogP contribution is -2.43. The summed E-state index contributed by atoms with van der Waals surface area (Å²) < 4.78 is 33.3. The van der Waals surface area contributed by atoms with Crippen LogP contribution in [0.25, 0.3) is 0 Å². The highest BCUT2D eigenvalue weighted by Crippen LogP contribution is 2.37. The average molecular weight is 478 g/mol. The third-order valence-electron chi connectivity index (χ3n) is 5.68. The van der Waals surface area contributed by atoms with Crippen LogP contribution in [0.1, 0.15) is 24.0 Å². The summed E-state index contributed by atoms with van der Waals surface area (Å²) in [5, 5.41) is 5.51. The number of halogens is 1. The van der Waals surface area contributed by atoms with E-state index >= 15 is 0 Å². The Morgan fingerprint density at radius 1 is 1.25 bits per heavy atom. The van der Waals surface area contributed by atoms with Crippen molar-refractivity contribution in [2.24, 2.45) is 5.92 Å². The molecule has 0 bridgehead atoms. The number of carbonyl (C=O) groups is 2. The molecule has 2 heterocycles. The van der Waals surface area contributed by atoms with Crippen LogP contribution in [0.5, 0.6) is 5.75 Å². The molecule has 8 nitrogen and oxygen atoms in total. The van der Waals surface area contributed by atoms with Crippen LogP contribution in [-0.4, -0.2) is 44.2 Å². The zero-order valence-electron chi connectivity index (χ0n) is 17.8. The molecular weight excluding hydrogens is 454 g/mol. The molecule has 0 aliphatic carbocycles. The van der Waals surface area contributed by atoms with Crippen LogP contribution in [0, 0.1) is 19.8 Å². The topological polar surface area (TPSA) is 105 Å². The van der Waals surface area contributed by atoms with Crippen molar-refractivity contribution in [3.8, 4) is 5.75 Å². The summed E-state index contributed by atoms with van der Waals surface area (Å²) in [7, 11) is -3.96. The fourth-order valence-electron chi connectivity index (χ4n) is 3.98. The van der Waals surface area contributed by atoms with Crippen molar-refractivity contribution in [2.45, 2.75) is 31.6 Å². The molecule has 1 unspecified atom stereocenters. The van der Waals surface area contributed by atoms with Gasteiger partial charge in [-0.15, -0.1) is 0 Å². The third kappa shape index (κ3) is 4.46. The van der Waals surface area contributed by atoms with Crippen LogP contribution in [0.4, 0.5) is 11.4 Å². The number of ether oxygens (including phenoxy) is 1. The molecule has 32 heavy (non-hydrogen) atoms. The van der Waals surface area contributed by atoms with Gasteiger partial charge in [0, 0.05) is 24.8 Å². The predicted molar refractivity (Wildman–Crippen MR) is 122 cm³/mol. The fraction of sp³-hybridized carbons (Fsp3) is 0.364. The lowest BCUT2D eigenvalue weighted by atomic mass is 9.98. The van der Waals surface area contributed by atoms with Gasteiger partial charge in [-0.1, -0.05) is 29.3 Å². The molecule has 2 amide bonds. The average Bonchev–Trinajstić information content (AvgIpc) is 2.75. The highest BCUT2D eigenvalue weighted by atomic mass is 35.5. The maximum absolute atomic E-state index is 13.3. The number of sulfonamides is 1. The van der Waals surface area contributed by atoms with Gasteiger partial charge in [-0.3, -0.25) is 9.59 Å². The summed E-state index contributed by atoms with van der Waals surface area (Å²) in [4.78, 5) is 24.3. The molecule has 170 valence electrons. The van der Waals surface area contributed by atoms with E-state index in [1.54, 1.807) is 0 Å². The van der Waals surface area contributed by atoms with E-state index in [9.17, 15) is 18.0 Å². The first-order valence-electron chi connectivity index (χ1n) is 10.3. The monoisotopic (exact) mass is 477 g/mol. The Morgan fingerprint density at radius 3 is 2.78 bits per heavy atom. The van der Waals surface area contributed by atoms with E-state index in [0.717, 1.165) is 16.8 Å². The van der Waals surface area contributed by atoms with Gasteiger partial charge in [0.15, 0.2) is 6.61 Å². The van der Waals surface area contributed by atoms with Crippen molar-refractivity contribution in [3.63, 3.8) is 0 Å². The number of amides is 2. The van der Waals surface area contributed by atoms with Crippen LogP contribution >= 0.6 is 11.6 Å². The summed E-state index contributed by atoms with van der Waals surface area (Å²) in [5.41, 5.74) is 3.10. The largest absolute Gasteiger partial charge is 0.482 e. The predicted octanol–water partition coefficient (Wildman–Crippen LogP) is 3.33. The maximum atomic E-state index is 13.3. The van der Waals surface area contributed by atoms with Crippen LogP contribution in [-0.2, 0) is 19.6 Å². The van der Waals surface area contributed by atoms with Gasteiger partial charge in [0.05, 0.1) is 16.6 Å². The number of fused-ring (bicyclic) bond motifs is 1. The number of carbonyl (C=O) groups excluding carboxylic acids is 2. The smallest absolute Gasteiger partial charge is 0.262 e. The van der Waals surface area contributed by atoms with Gasteiger partial charge in [0.25, 0.3) is 5.91 Å². The number of aryl methyl sites for hydroxylation is 2. The molecule has 1 fully saturated rings. The third-order valence-corrected chi connectivity index (χ3v) is 8.01. The summed E-state index contributed by atoms with van der Waals surface area (Å²) in [6.07, 6.45) is 1.15. The van der Waals surface area contributed by atoms with Gasteiger partial charge in [0.1, 0.15) is 10.6 Å². The van der Waals surface area contributed by atoms with Gasteiger partial charge in [-0.2, -0.15) is 4.31 Å². The molecule has 4 rings (SSSR count). The van der Waals surface area contributed by atoms with Crippen LogP contribution in [0.15, 0.2) is 35.2 Å². The summed E-state index contributed by atoms with van der Waals surface area (Å²) in [5.74, 6) is -0.780. The molecule has 2 aromatic carbocycles. The zero-order valence-corrected chi connectivity index (χ0v) is 19.3. The van der Waals surface area contributed by atoms with Crippen LogP contribution in [0.2, 0.25) is 5.02 Å². The van der Waals surface area contributed by atoms with E-state index in [-0.39, 0.29) is 40.6 Å². The Hall–Kier alpha value is -2.62. The Balaban J connectivity index is 1.53. The number of anilines is 2. The second kappa shape index (κ2) is 8.73. The fourth-order valence-corrected chi connectivity index (χ4v) is 6.02. The lowest BCUT2D eigenvalue weighted by Gasteiger charge is -2.32. The molecule has 1 atom stereocenters. The molecule has 0 radical (unpaired) electrons. The number of benzene rings is 2. The molecule has 0 spiro atoms. The quantitative estimate of drug-likeness (QED) is 0.702. The molecule has 2 aromatic rings. The molecule has 2 N–H and O–H groups in total. The van der Waals surface area contributed by atoms with Crippen molar-refractivity contribution in [2.75, 3.05) is 30.3 Å². The van der Waals surface area contributed by atoms with Gasteiger partial charge >= 0.3 is 0 Å². The molecule has 10 heteroatoms. The number of rotatable bonds is 4. The van der Waals surface area contributed by atoms with E-state index in [0.29, 0.717) is 25.1 Å². The second-order valence-corrected chi connectivity index (χ2v) is 10.4. The van der Waals surface area contributed by atoms with E-state index in [2.05, 4.69) is 10.6 Å². The van der Waals surface area contributed by atoms with E-state index in [1.807, 2.05) is 32.0 Å². The molecule has 2 aliphatic rings. The highest BCUT2D eigenvalue weighted by molar-refractivity contribution is 7.89. The van der Waals surface area contributed by atoms with Crippen LogP contribution < -0.4 is 15.4 Å². The molecule has 0 aromatic heterocycles. The zero-order chi connectivity index (χ0) is 23.0. The minimum absolute atomic E-state index is 0.0172. The van der Waals surface area contributed by atoms with Crippen molar-refractivity contribution in [3.05, 3.63) is 46.5 Å². The number of piperidine rings is 1. The van der Waals surface area contributed by atoms with Crippen molar-refractivity contribution < 1.29 is 22.7 Å². The normalized spacial score (nSPS) is 19.0. The van der Waals surface area contributed by atoms with Gasteiger partial charge in [-0.25, -0.2) is 8.42 Å². The first-order valence-corrected chi connectivity index (χ1v) is 12.1. The number of hydrogen-bond donors (Lipinski definition) is 2. The summed E-state index contributed by atoms with van der Waals surface area (Å²) in [6, 6.07) is 8.45. The Labute approximate surface area is 191 Å². The Kier molecular flexibility index (Phi) is 6.15. The number of hydrogen-bond acceptors (Lipinski definition) is 5. The minimum atomic E-state index is -3.96. The molecule has 2 aliphatic heterocycles. The first kappa shape index (κ1) is 22.6. The molecular formula is C22H24ClN3O5S. The Morgan fingerprint density at radius 2 is 2.03 bits per heavy atom. The summed E-state index contributed by atoms with van der Waals surface area (Å²) in [6.45, 7) is 4.05. The number of nitrogens with zero attached hydrogens (tertiary/aromatic N) is 1. The van der Waals surface area contributed by atoms with Gasteiger partial charge < -0.3 is 15.4 Å². The highest BCUT2D eigenvalue weighted by Gasteiger charge is 2.35. The lowest BCUT2D eigenvalue weighted by molar-refractivity contribution is -0.121. The van der Waals surface area contributed by atoms with Crippen molar-refractivity contribution in [1.29, 1.82) is 0 Å². The van der Waals surface area contributed by atoms with Crippen LogP contribution in [0.3, 0.4) is 0 Å². The number of nitrogens with one attached hydrogen (secondary N) is 2. The standard InChI is InChI=1S/C22H24ClN3O5S/c1-13-5-6-17(14(2)8-13)25-22(28)15-4-3-7-26(11-15)32(29,30)20-10-19-18(9-16(20)23)24-21(27)12-31-19/h5-6,8-10,15H,3-4,7,11-12H2,1-2H3,(H,24,27)(H,25,28). The van der Waals surface area contributed by atoms with Gasteiger partial charge in [0.2, 0.25) is 15.9 Å². The van der Waals surface area contributed by atoms with E-state index in [4.69, 9.17) is 16.3 Å². The van der Waals surface area contributed by atoms with Crippen molar-refractivity contribution in [1.82, 2.24) is 4.31 Å².